The van der Waals surface area contributed by atoms with Crippen molar-refractivity contribution in [3.8, 4) is 11.5 Å². The molecule has 1 heterocycles. The molecular formula is C19H22BrN5O4S. The molecule has 30 heavy (non-hydrogen) atoms. The van der Waals surface area contributed by atoms with E-state index < -0.39 is 14.7 Å². The number of hydrogen-bond donors (Lipinski definition) is 4. The second kappa shape index (κ2) is 8.94. The van der Waals surface area contributed by atoms with Crippen molar-refractivity contribution in [1.82, 2.24) is 10.0 Å². The molecule has 1 unspecified atom stereocenters. The smallest absolute Gasteiger partial charge is 0.265 e. The molecule has 3 rings (SSSR count). The van der Waals surface area contributed by atoms with Crippen LogP contribution in [0.15, 0.2) is 64.2 Å². The molecule has 0 aliphatic carbocycles. The van der Waals surface area contributed by atoms with Gasteiger partial charge in [-0.05, 0) is 53.3 Å². The highest BCUT2D eigenvalue weighted by Crippen LogP contribution is 2.33. The van der Waals surface area contributed by atoms with Gasteiger partial charge in [-0.3, -0.25) is 0 Å². The van der Waals surface area contributed by atoms with E-state index >= 15 is 0 Å². The molecule has 0 fully saturated rings. The Balaban J connectivity index is 1.82. The summed E-state index contributed by atoms with van der Waals surface area (Å²) in [5, 5.41) is 9.47. The first kappa shape index (κ1) is 21.9. The van der Waals surface area contributed by atoms with Gasteiger partial charge in [0.1, 0.15) is 22.2 Å². The first-order chi connectivity index (χ1) is 14.3. The summed E-state index contributed by atoms with van der Waals surface area (Å²) in [4.78, 5) is 4.52. The molecule has 1 atom stereocenters. The molecule has 11 heteroatoms. The van der Waals surface area contributed by atoms with Crippen molar-refractivity contribution in [2.24, 2.45) is 4.99 Å². The molecule has 9 nitrogen and oxygen atoms in total. The maximum Gasteiger partial charge on any atom is 0.265 e. The van der Waals surface area contributed by atoms with Crippen LogP contribution in [-0.4, -0.2) is 40.6 Å². The van der Waals surface area contributed by atoms with Crippen LogP contribution in [0.1, 0.15) is 0 Å². The largest absolute Gasteiger partial charge is 0.497 e. The molecule has 0 saturated heterocycles. The number of hydrogen-bond acceptors (Lipinski definition) is 8. The third-order valence-corrected chi connectivity index (χ3v) is 6.29. The summed E-state index contributed by atoms with van der Waals surface area (Å²) in [6, 6.07) is 11.9. The van der Waals surface area contributed by atoms with Crippen LogP contribution in [0.3, 0.4) is 0 Å². The fraction of sp³-hybridized carbons (Fsp3) is 0.211. The predicted octanol–water partition coefficient (Wildman–Crippen LogP) is 2.66. The molecule has 2 aromatic rings. The first-order valence-corrected chi connectivity index (χ1v) is 11.1. The zero-order valence-corrected chi connectivity index (χ0v) is 19.0. The molecule has 1 aliphatic heterocycles. The highest BCUT2D eigenvalue weighted by molar-refractivity contribution is 9.10. The molecule has 2 aromatic carbocycles. The van der Waals surface area contributed by atoms with Crippen LogP contribution in [0.4, 0.5) is 11.4 Å². The number of anilines is 2. The Kier molecular flexibility index (Phi) is 6.54. The van der Waals surface area contributed by atoms with E-state index in [0.717, 1.165) is 0 Å². The lowest BCUT2D eigenvalue weighted by Gasteiger charge is -2.32. The van der Waals surface area contributed by atoms with Crippen molar-refractivity contribution in [2.45, 2.75) is 9.59 Å². The van der Waals surface area contributed by atoms with Gasteiger partial charge in [-0.2, -0.15) is 0 Å². The van der Waals surface area contributed by atoms with Gasteiger partial charge in [0, 0.05) is 12.3 Å². The van der Waals surface area contributed by atoms with Gasteiger partial charge in [-0.1, -0.05) is 12.1 Å². The standard InChI is InChI=1S/C19H22BrN5O4S/c1-21-30(26,27)17-7-5-4-6-15(17)23-18-10-11-22-19(20,25-18)24-14-9-8-13(28-2)12-16(14)29-3/h4-12,21,23-25H,1-3H3. The number of sulfonamides is 1. The monoisotopic (exact) mass is 495 g/mol. The van der Waals surface area contributed by atoms with E-state index in [1.54, 1.807) is 62.9 Å². The van der Waals surface area contributed by atoms with Gasteiger partial charge in [-0.25, -0.2) is 18.1 Å². The minimum absolute atomic E-state index is 0.127. The van der Waals surface area contributed by atoms with E-state index in [1.165, 1.54) is 13.1 Å². The van der Waals surface area contributed by atoms with Crippen LogP contribution in [-0.2, 0) is 10.0 Å². The summed E-state index contributed by atoms with van der Waals surface area (Å²) in [7, 11) is 0.877. The highest BCUT2D eigenvalue weighted by atomic mass is 79.9. The number of benzene rings is 2. The van der Waals surface area contributed by atoms with E-state index in [4.69, 9.17) is 9.47 Å². The topological polar surface area (TPSA) is 113 Å². The number of nitrogens with zero attached hydrogens (tertiary/aromatic N) is 1. The Morgan fingerprint density at radius 2 is 1.87 bits per heavy atom. The average molecular weight is 496 g/mol. The van der Waals surface area contributed by atoms with E-state index in [0.29, 0.717) is 28.7 Å². The summed E-state index contributed by atoms with van der Waals surface area (Å²) >= 11 is 3.54. The lowest BCUT2D eigenvalue weighted by atomic mass is 10.2. The summed E-state index contributed by atoms with van der Waals surface area (Å²) < 4.78 is 36.5. The van der Waals surface area contributed by atoms with Crippen LogP contribution in [0, 0.1) is 0 Å². The van der Waals surface area contributed by atoms with E-state index in [1.807, 2.05) is 0 Å². The quantitative estimate of drug-likeness (QED) is 0.328. The second-order valence-electron chi connectivity index (χ2n) is 6.13. The van der Waals surface area contributed by atoms with Crippen molar-refractivity contribution in [1.29, 1.82) is 0 Å². The Morgan fingerprint density at radius 1 is 1.10 bits per heavy atom. The number of methoxy groups -OCH3 is 2. The van der Waals surface area contributed by atoms with Gasteiger partial charge in [0.2, 0.25) is 10.0 Å². The third kappa shape index (κ3) is 4.86. The minimum atomic E-state index is -3.63. The van der Waals surface area contributed by atoms with Gasteiger partial charge < -0.3 is 25.4 Å². The molecule has 4 N–H and O–H groups in total. The molecule has 0 radical (unpaired) electrons. The Morgan fingerprint density at radius 3 is 2.57 bits per heavy atom. The van der Waals surface area contributed by atoms with Crippen molar-refractivity contribution in [2.75, 3.05) is 31.9 Å². The Labute approximate surface area is 183 Å². The minimum Gasteiger partial charge on any atom is -0.497 e. The Hall–Kier alpha value is -2.76. The maximum atomic E-state index is 12.3. The number of rotatable bonds is 8. The zero-order valence-electron chi connectivity index (χ0n) is 16.6. The van der Waals surface area contributed by atoms with Crippen LogP contribution >= 0.6 is 15.9 Å². The highest BCUT2D eigenvalue weighted by Gasteiger charge is 2.29. The fourth-order valence-corrected chi connectivity index (χ4v) is 4.17. The van der Waals surface area contributed by atoms with Crippen molar-refractivity contribution >= 4 is 43.5 Å². The van der Waals surface area contributed by atoms with Gasteiger partial charge in [0.25, 0.3) is 4.70 Å². The van der Waals surface area contributed by atoms with Gasteiger partial charge in [0.15, 0.2) is 0 Å². The number of halogens is 1. The van der Waals surface area contributed by atoms with Crippen molar-refractivity contribution in [3.63, 3.8) is 0 Å². The van der Waals surface area contributed by atoms with Gasteiger partial charge >= 0.3 is 0 Å². The van der Waals surface area contributed by atoms with Gasteiger partial charge in [-0.15, -0.1) is 0 Å². The molecule has 1 aliphatic rings. The summed E-state index contributed by atoms with van der Waals surface area (Å²) in [6.45, 7) is 0. The lowest BCUT2D eigenvalue weighted by Crippen LogP contribution is -2.47. The molecule has 0 amide bonds. The second-order valence-corrected chi connectivity index (χ2v) is 9.13. The Bertz CT molecular complexity index is 1090. The van der Waals surface area contributed by atoms with Crippen molar-refractivity contribution in [3.05, 3.63) is 54.4 Å². The molecular weight excluding hydrogens is 474 g/mol. The van der Waals surface area contributed by atoms with Crippen LogP contribution in [0.2, 0.25) is 0 Å². The molecule has 0 spiro atoms. The maximum absolute atomic E-state index is 12.3. The van der Waals surface area contributed by atoms with E-state index in [9.17, 15) is 8.42 Å². The van der Waals surface area contributed by atoms with Crippen LogP contribution in [0.5, 0.6) is 11.5 Å². The molecule has 160 valence electrons. The van der Waals surface area contributed by atoms with Gasteiger partial charge in [0.05, 0.1) is 25.6 Å². The number of nitrogens with one attached hydrogen (secondary N) is 4. The predicted molar refractivity (Wildman–Crippen MR) is 121 cm³/mol. The number of aliphatic imine (C=N–C) groups is 1. The fourth-order valence-electron chi connectivity index (χ4n) is 2.74. The average Bonchev–Trinajstić information content (AvgIpc) is 2.74. The lowest BCUT2D eigenvalue weighted by molar-refractivity contribution is 0.394. The van der Waals surface area contributed by atoms with E-state index in [-0.39, 0.29) is 4.90 Å². The number of alkyl halides is 1. The zero-order chi connectivity index (χ0) is 21.8. The molecule has 0 bridgehead atoms. The summed E-state index contributed by atoms with van der Waals surface area (Å²) in [6.07, 6.45) is 3.28. The molecule has 0 aromatic heterocycles. The van der Waals surface area contributed by atoms with Crippen LogP contribution in [0.25, 0.3) is 0 Å². The number of para-hydroxylation sites is 1. The number of ether oxygens (including phenoxy) is 2. The third-order valence-electron chi connectivity index (χ3n) is 4.22. The summed E-state index contributed by atoms with van der Waals surface area (Å²) in [5.41, 5.74) is 1.08. The number of allylic oxidation sites excluding steroid dienone is 1. The molecule has 0 saturated carbocycles. The van der Waals surface area contributed by atoms with Crippen molar-refractivity contribution < 1.29 is 17.9 Å². The summed E-state index contributed by atoms with van der Waals surface area (Å²) in [5.74, 6) is 1.76. The van der Waals surface area contributed by atoms with Crippen LogP contribution < -0.4 is 30.1 Å². The van der Waals surface area contributed by atoms with E-state index in [2.05, 4.69) is 41.6 Å². The first-order valence-electron chi connectivity index (χ1n) is 8.82. The SMILES string of the molecule is CNS(=O)(=O)c1ccccc1NC1=CC=NC(Br)(Nc2ccc(OC)cc2OC)N1. The normalized spacial score (nSPS) is 18.2.